The molecule has 0 aromatic heterocycles. The van der Waals surface area contributed by atoms with Gasteiger partial charge in [-0.2, -0.15) is 0 Å². The monoisotopic (exact) mass is 266 g/mol. The lowest BCUT2D eigenvalue weighted by Gasteiger charge is -2.55. The Bertz CT molecular complexity index is 481. The number of barbiturate groups is 1. The molecule has 0 aromatic carbocycles. The maximum atomic E-state index is 12.5. The molecule has 1 saturated heterocycles. The van der Waals surface area contributed by atoms with E-state index >= 15 is 0 Å². The summed E-state index contributed by atoms with van der Waals surface area (Å²) >= 11 is 0. The number of hydrogen-bond acceptors (Lipinski definition) is 4. The molecule has 3 fully saturated rings. The van der Waals surface area contributed by atoms with E-state index in [1.54, 1.807) is 7.11 Å². The highest BCUT2D eigenvalue weighted by atomic mass is 16.5. The number of amides is 4. The molecule has 0 aromatic rings. The summed E-state index contributed by atoms with van der Waals surface area (Å²) in [4.78, 5) is 37.4. The van der Waals surface area contributed by atoms with Gasteiger partial charge < -0.3 is 4.74 Å². The first kappa shape index (κ1) is 12.6. The Morgan fingerprint density at radius 2 is 1.89 bits per heavy atom. The molecule has 1 spiro atoms. The summed E-state index contributed by atoms with van der Waals surface area (Å²) in [5.74, 6) is -0.756. The van der Waals surface area contributed by atoms with Gasteiger partial charge in [-0.3, -0.25) is 19.8 Å². The smallest absolute Gasteiger partial charge is 0.331 e. The standard InChI is InChI=1S/C13H18N2O4/c1-12(2)7(6-8(12)19-3)15-10(17)13(4-5-13)9(16)14-11(15)18/h7-8H,4-6H2,1-3H3,(H,14,16,18). The lowest BCUT2D eigenvalue weighted by molar-refractivity contribution is -0.163. The van der Waals surface area contributed by atoms with Gasteiger partial charge in [0.1, 0.15) is 5.41 Å². The van der Waals surface area contributed by atoms with Crippen LogP contribution in [-0.4, -0.2) is 42.0 Å². The summed E-state index contributed by atoms with van der Waals surface area (Å²) in [5, 5.41) is 2.32. The van der Waals surface area contributed by atoms with Crippen molar-refractivity contribution < 1.29 is 19.1 Å². The molecule has 3 rings (SSSR count). The zero-order valence-electron chi connectivity index (χ0n) is 11.4. The number of methoxy groups -OCH3 is 1. The highest BCUT2D eigenvalue weighted by molar-refractivity contribution is 6.21. The van der Waals surface area contributed by atoms with Crippen LogP contribution in [0.3, 0.4) is 0 Å². The van der Waals surface area contributed by atoms with Gasteiger partial charge in [-0.1, -0.05) is 13.8 Å². The third-order valence-corrected chi connectivity index (χ3v) is 4.97. The van der Waals surface area contributed by atoms with Gasteiger partial charge >= 0.3 is 6.03 Å². The molecule has 2 aliphatic carbocycles. The van der Waals surface area contributed by atoms with Crippen LogP contribution in [0.2, 0.25) is 0 Å². The predicted octanol–water partition coefficient (Wildman–Crippen LogP) is 0.658. The van der Waals surface area contributed by atoms with Gasteiger partial charge in [0.15, 0.2) is 0 Å². The van der Waals surface area contributed by atoms with E-state index in [0.717, 1.165) is 0 Å². The largest absolute Gasteiger partial charge is 0.381 e. The number of carbonyl (C=O) groups excluding carboxylic acids is 3. The zero-order chi connectivity index (χ0) is 14.0. The first-order valence-electron chi connectivity index (χ1n) is 6.56. The fourth-order valence-electron chi connectivity index (χ4n) is 3.25. The molecule has 0 radical (unpaired) electrons. The van der Waals surface area contributed by atoms with Crippen LogP contribution in [0.1, 0.15) is 33.1 Å². The Kier molecular flexibility index (Phi) is 2.36. The van der Waals surface area contributed by atoms with Crippen LogP contribution in [0.4, 0.5) is 4.79 Å². The number of hydrogen-bond donors (Lipinski definition) is 1. The van der Waals surface area contributed by atoms with Crippen LogP contribution >= 0.6 is 0 Å². The fourth-order valence-corrected chi connectivity index (χ4v) is 3.25. The second-order valence-electron chi connectivity index (χ2n) is 6.31. The first-order valence-corrected chi connectivity index (χ1v) is 6.56. The van der Waals surface area contributed by atoms with Gasteiger partial charge in [0, 0.05) is 12.5 Å². The summed E-state index contributed by atoms with van der Waals surface area (Å²) < 4.78 is 5.35. The second kappa shape index (κ2) is 3.56. The third kappa shape index (κ3) is 1.43. The number of imide groups is 2. The predicted molar refractivity (Wildman–Crippen MR) is 65.0 cm³/mol. The van der Waals surface area contributed by atoms with E-state index in [1.165, 1.54) is 4.90 Å². The molecule has 1 heterocycles. The summed E-state index contributed by atoms with van der Waals surface area (Å²) in [6.07, 6.45) is 1.75. The highest BCUT2D eigenvalue weighted by Crippen LogP contribution is 2.53. The number of nitrogens with zero attached hydrogens (tertiary/aromatic N) is 1. The Hall–Kier alpha value is -1.43. The van der Waals surface area contributed by atoms with Crippen molar-refractivity contribution in [1.82, 2.24) is 10.2 Å². The van der Waals surface area contributed by atoms with Crippen molar-refractivity contribution in [1.29, 1.82) is 0 Å². The average Bonchev–Trinajstić information content (AvgIpc) is 3.12. The van der Waals surface area contributed by atoms with Crippen LogP contribution in [0.15, 0.2) is 0 Å². The zero-order valence-corrected chi connectivity index (χ0v) is 11.4. The number of carbonyl (C=O) groups is 3. The molecule has 2 saturated carbocycles. The molecule has 4 amide bonds. The minimum atomic E-state index is -0.956. The molecule has 104 valence electrons. The average molecular weight is 266 g/mol. The second-order valence-corrected chi connectivity index (χ2v) is 6.31. The Balaban J connectivity index is 1.87. The van der Waals surface area contributed by atoms with Crippen molar-refractivity contribution >= 4 is 17.8 Å². The molecule has 1 aliphatic heterocycles. The van der Waals surface area contributed by atoms with Crippen molar-refractivity contribution in [2.24, 2.45) is 10.8 Å². The van der Waals surface area contributed by atoms with Gasteiger partial charge in [-0.15, -0.1) is 0 Å². The molecule has 19 heavy (non-hydrogen) atoms. The minimum absolute atomic E-state index is 0.0332. The maximum absolute atomic E-state index is 12.5. The van der Waals surface area contributed by atoms with Gasteiger partial charge in [0.25, 0.3) is 0 Å². The summed E-state index contributed by atoms with van der Waals surface area (Å²) in [6.45, 7) is 3.96. The minimum Gasteiger partial charge on any atom is -0.381 e. The number of rotatable bonds is 2. The molecule has 6 heteroatoms. The van der Waals surface area contributed by atoms with Crippen molar-refractivity contribution in [3.8, 4) is 0 Å². The molecule has 1 N–H and O–H groups in total. The maximum Gasteiger partial charge on any atom is 0.331 e. The van der Waals surface area contributed by atoms with Crippen LogP contribution < -0.4 is 5.32 Å². The van der Waals surface area contributed by atoms with Crippen LogP contribution in [0.5, 0.6) is 0 Å². The van der Waals surface area contributed by atoms with E-state index in [2.05, 4.69) is 5.32 Å². The highest BCUT2D eigenvalue weighted by Gasteiger charge is 2.66. The Morgan fingerprint density at radius 1 is 1.26 bits per heavy atom. The molecular formula is C13H18N2O4. The quantitative estimate of drug-likeness (QED) is 0.745. The van der Waals surface area contributed by atoms with Crippen molar-refractivity contribution in [2.75, 3.05) is 7.11 Å². The lowest BCUT2D eigenvalue weighted by atomic mass is 9.63. The van der Waals surface area contributed by atoms with E-state index in [9.17, 15) is 14.4 Å². The molecule has 0 bridgehead atoms. The van der Waals surface area contributed by atoms with Crippen LogP contribution in [0, 0.1) is 10.8 Å². The number of nitrogens with one attached hydrogen (secondary N) is 1. The Morgan fingerprint density at radius 3 is 2.37 bits per heavy atom. The van der Waals surface area contributed by atoms with E-state index < -0.39 is 17.4 Å². The van der Waals surface area contributed by atoms with Gasteiger partial charge in [-0.25, -0.2) is 4.79 Å². The van der Waals surface area contributed by atoms with Crippen LogP contribution in [-0.2, 0) is 14.3 Å². The molecule has 2 atom stereocenters. The first-order chi connectivity index (χ1) is 8.84. The van der Waals surface area contributed by atoms with E-state index in [0.29, 0.717) is 19.3 Å². The summed E-state index contributed by atoms with van der Waals surface area (Å²) in [7, 11) is 1.63. The Labute approximate surface area is 111 Å². The fraction of sp³-hybridized carbons (Fsp3) is 0.769. The SMILES string of the molecule is COC1CC(N2C(=O)NC(=O)C3(CC3)C2=O)C1(C)C. The molecular weight excluding hydrogens is 248 g/mol. The summed E-state index contributed by atoms with van der Waals surface area (Å²) in [5.41, 5.74) is -1.24. The topological polar surface area (TPSA) is 75.7 Å². The lowest BCUT2D eigenvalue weighted by Crippen LogP contribution is -2.70. The molecule has 6 nitrogen and oxygen atoms in total. The van der Waals surface area contributed by atoms with Gasteiger partial charge in [-0.05, 0) is 19.3 Å². The molecule has 2 unspecified atom stereocenters. The van der Waals surface area contributed by atoms with Crippen molar-refractivity contribution in [3.63, 3.8) is 0 Å². The van der Waals surface area contributed by atoms with Crippen molar-refractivity contribution in [2.45, 2.75) is 45.3 Å². The van der Waals surface area contributed by atoms with E-state index in [1.807, 2.05) is 13.8 Å². The van der Waals surface area contributed by atoms with E-state index in [-0.39, 0.29) is 23.5 Å². The summed E-state index contributed by atoms with van der Waals surface area (Å²) in [6, 6.07) is -0.782. The number of ether oxygens (including phenoxy) is 1. The van der Waals surface area contributed by atoms with Crippen LogP contribution in [0.25, 0.3) is 0 Å². The molecule has 3 aliphatic rings. The van der Waals surface area contributed by atoms with E-state index in [4.69, 9.17) is 4.74 Å². The van der Waals surface area contributed by atoms with Gasteiger partial charge in [0.05, 0.1) is 12.1 Å². The third-order valence-electron chi connectivity index (χ3n) is 4.97. The van der Waals surface area contributed by atoms with Gasteiger partial charge in [0.2, 0.25) is 11.8 Å². The number of urea groups is 1. The van der Waals surface area contributed by atoms with Crippen molar-refractivity contribution in [3.05, 3.63) is 0 Å². The normalized spacial score (nSPS) is 35.1.